The first-order valence-corrected chi connectivity index (χ1v) is 8.04. The Hall–Kier alpha value is -2.51. The maximum Gasteiger partial charge on any atom is 0.269 e. The smallest absolute Gasteiger partial charge is 0.269 e. The fraction of sp³-hybridized carbons (Fsp3) is 0.235. The van der Waals surface area contributed by atoms with E-state index in [9.17, 15) is 10.1 Å². The lowest BCUT2D eigenvalue weighted by molar-refractivity contribution is -0.384. The molecular formula is C17H17N3O3S. The number of para-hydroxylation sites is 1. The molecule has 0 radical (unpaired) electrons. The Morgan fingerprint density at radius 3 is 2.58 bits per heavy atom. The summed E-state index contributed by atoms with van der Waals surface area (Å²) < 4.78 is 5.86. The molecule has 124 valence electrons. The molecule has 0 amide bonds. The number of ether oxygens (including phenoxy) is 1. The Morgan fingerprint density at radius 1 is 1.21 bits per heavy atom. The first kappa shape index (κ1) is 16.4. The molecule has 1 heterocycles. The second-order valence-electron chi connectivity index (χ2n) is 5.41. The molecule has 0 aromatic heterocycles. The molecule has 0 saturated carbocycles. The van der Waals surface area contributed by atoms with Gasteiger partial charge in [-0.1, -0.05) is 18.2 Å². The number of nitro groups is 1. The molecule has 0 aliphatic carbocycles. The maximum absolute atomic E-state index is 10.8. The zero-order valence-corrected chi connectivity index (χ0v) is 13.7. The first-order valence-electron chi connectivity index (χ1n) is 7.64. The van der Waals surface area contributed by atoms with Crippen LogP contribution in [-0.4, -0.2) is 28.1 Å². The minimum Gasteiger partial charge on any atom is -0.354 e. The van der Waals surface area contributed by atoms with Crippen molar-refractivity contribution in [1.29, 1.82) is 0 Å². The Balaban J connectivity index is 1.77. The van der Waals surface area contributed by atoms with Crippen LogP contribution in [0.15, 0.2) is 54.6 Å². The van der Waals surface area contributed by atoms with Crippen LogP contribution in [0.1, 0.15) is 18.2 Å². The van der Waals surface area contributed by atoms with E-state index in [0.717, 1.165) is 24.2 Å². The van der Waals surface area contributed by atoms with Crippen molar-refractivity contribution in [2.45, 2.75) is 12.6 Å². The molecule has 2 aromatic carbocycles. The van der Waals surface area contributed by atoms with E-state index in [4.69, 9.17) is 17.0 Å². The van der Waals surface area contributed by atoms with Crippen molar-refractivity contribution in [3.63, 3.8) is 0 Å². The Morgan fingerprint density at radius 2 is 1.92 bits per heavy atom. The zero-order valence-electron chi connectivity index (χ0n) is 12.9. The highest BCUT2D eigenvalue weighted by atomic mass is 32.1. The molecule has 1 N–H and O–H groups in total. The summed E-state index contributed by atoms with van der Waals surface area (Å²) in [6, 6.07) is 16.1. The first-order chi connectivity index (χ1) is 11.6. The third kappa shape index (κ3) is 3.69. The summed E-state index contributed by atoms with van der Waals surface area (Å²) in [6.07, 6.45) is 0.531. The number of nitro benzene ring substituents is 1. The minimum atomic E-state index is -0.412. The van der Waals surface area contributed by atoms with Gasteiger partial charge in [0.1, 0.15) is 0 Å². The molecule has 1 aliphatic heterocycles. The molecule has 0 bridgehead atoms. The number of non-ortho nitro benzene ring substituents is 1. The van der Waals surface area contributed by atoms with E-state index < -0.39 is 4.92 Å². The molecule has 1 aliphatic rings. The van der Waals surface area contributed by atoms with Crippen LogP contribution < -0.4 is 5.32 Å². The summed E-state index contributed by atoms with van der Waals surface area (Å²) in [5.74, 6) is 0. The van der Waals surface area contributed by atoms with Crippen molar-refractivity contribution in [1.82, 2.24) is 4.90 Å². The van der Waals surface area contributed by atoms with Crippen molar-refractivity contribution in [2.24, 2.45) is 0 Å². The standard InChI is InChI=1S/C17H17N3O3S/c21-20(22)15-9-7-13(8-10-15)16-19(11-4-12-23-16)17(24)18-14-5-2-1-3-6-14/h1-3,5-10,16H,4,11-12H2,(H,18,24). The average Bonchev–Trinajstić information content (AvgIpc) is 2.62. The third-order valence-electron chi connectivity index (χ3n) is 3.78. The van der Waals surface area contributed by atoms with E-state index >= 15 is 0 Å². The number of anilines is 1. The van der Waals surface area contributed by atoms with Gasteiger partial charge in [0.15, 0.2) is 11.3 Å². The topological polar surface area (TPSA) is 67.6 Å². The van der Waals surface area contributed by atoms with Crippen molar-refractivity contribution in [2.75, 3.05) is 18.5 Å². The number of rotatable bonds is 3. The number of benzene rings is 2. The summed E-state index contributed by atoms with van der Waals surface area (Å²) in [6.45, 7) is 1.40. The van der Waals surface area contributed by atoms with E-state index in [2.05, 4.69) is 5.32 Å². The lowest BCUT2D eigenvalue weighted by Crippen LogP contribution is -2.43. The van der Waals surface area contributed by atoms with Crippen LogP contribution >= 0.6 is 12.2 Å². The number of hydrogen-bond donors (Lipinski definition) is 1. The normalized spacial score (nSPS) is 17.3. The quantitative estimate of drug-likeness (QED) is 0.520. The minimum absolute atomic E-state index is 0.0612. The molecule has 6 nitrogen and oxygen atoms in total. The number of hydrogen-bond acceptors (Lipinski definition) is 4. The second kappa shape index (κ2) is 7.37. The lowest BCUT2D eigenvalue weighted by atomic mass is 10.1. The van der Waals surface area contributed by atoms with E-state index in [-0.39, 0.29) is 11.9 Å². The highest BCUT2D eigenvalue weighted by Gasteiger charge is 2.27. The SMILES string of the molecule is O=[N+]([O-])c1ccc(C2OCCCN2C(=S)Nc2ccccc2)cc1. The fourth-order valence-corrected chi connectivity index (χ4v) is 2.90. The van der Waals surface area contributed by atoms with Crippen LogP contribution in [0.4, 0.5) is 11.4 Å². The summed E-state index contributed by atoms with van der Waals surface area (Å²) in [5, 5.41) is 14.6. The van der Waals surface area contributed by atoms with E-state index in [1.54, 1.807) is 12.1 Å². The van der Waals surface area contributed by atoms with Crippen LogP contribution in [0.2, 0.25) is 0 Å². The molecule has 3 rings (SSSR count). The monoisotopic (exact) mass is 343 g/mol. The van der Waals surface area contributed by atoms with Crippen LogP contribution in [0, 0.1) is 10.1 Å². The van der Waals surface area contributed by atoms with Crippen LogP contribution in [0.25, 0.3) is 0 Å². The Labute approximate surface area is 145 Å². The molecule has 1 unspecified atom stereocenters. The molecule has 24 heavy (non-hydrogen) atoms. The molecule has 1 saturated heterocycles. The average molecular weight is 343 g/mol. The molecule has 0 spiro atoms. The van der Waals surface area contributed by atoms with Gasteiger partial charge >= 0.3 is 0 Å². The van der Waals surface area contributed by atoms with Gasteiger partial charge in [0.05, 0.1) is 11.5 Å². The van der Waals surface area contributed by atoms with E-state index in [0.29, 0.717) is 11.7 Å². The molecule has 1 fully saturated rings. The van der Waals surface area contributed by atoms with Crippen molar-refractivity contribution in [3.8, 4) is 0 Å². The van der Waals surface area contributed by atoms with Crippen molar-refractivity contribution < 1.29 is 9.66 Å². The van der Waals surface area contributed by atoms with Gasteiger partial charge in [0.25, 0.3) is 5.69 Å². The predicted molar refractivity (Wildman–Crippen MR) is 95.8 cm³/mol. The summed E-state index contributed by atoms with van der Waals surface area (Å²) in [5.41, 5.74) is 1.82. The lowest BCUT2D eigenvalue weighted by Gasteiger charge is -2.37. The largest absolute Gasteiger partial charge is 0.354 e. The number of nitrogens with one attached hydrogen (secondary N) is 1. The second-order valence-corrected chi connectivity index (χ2v) is 5.80. The summed E-state index contributed by atoms with van der Waals surface area (Å²) in [4.78, 5) is 12.4. The van der Waals surface area contributed by atoms with Gasteiger partial charge in [-0.15, -0.1) is 0 Å². The molecule has 2 aromatic rings. The highest BCUT2D eigenvalue weighted by Crippen LogP contribution is 2.28. The van der Waals surface area contributed by atoms with Crippen molar-refractivity contribution in [3.05, 3.63) is 70.3 Å². The molecule has 7 heteroatoms. The number of nitrogens with zero attached hydrogens (tertiary/aromatic N) is 2. The molecule has 1 atom stereocenters. The van der Waals surface area contributed by atoms with Gasteiger partial charge in [0, 0.05) is 29.9 Å². The summed E-state index contributed by atoms with van der Waals surface area (Å²) in [7, 11) is 0. The van der Waals surface area contributed by atoms with Gasteiger partial charge < -0.3 is 15.0 Å². The van der Waals surface area contributed by atoms with Gasteiger partial charge in [-0.25, -0.2) is 0 Å². The van der Waals surface area contributed by atoms with Gasteiger partial charge in [0.2, 0.25) is 0 Å². The van der Waals surface area contributed by atoms with Crippen LogP contribution in [0.3, 0.4) is 0 Å². The fourth-order valence-electron chi connectivity index (χ4n) is 2.60. The van der Waals surface area contributed by atoms with Crippen LogP contribution in [0.5, 0.6) is 0 Å². The van der Waals surface area contributed by atoms with E-state index in [1.807, 2.05) is 35.2 Å². The zero-order chi connectivity index (χ0) is 16.9. The predicted octanol–water partition coefficient (Wildman–Crippen LogP) is 3.71. The number of thiocarbonyl (C=S) groups is 1. The van der Waals surface area contributed by atoms with Gasteiger partial charge in [-0.05, 0) is 42.9 Å². The van der Waals surface area contributed by atoms with Crippen LogP contribution in [-0.2, 0) is 4.74 Å². The third-order valence-corrected chi connectivity index (χ3v) is 4.11. The van der Waals surface area contributed by atoms with Crippen molar-refractivity contribution >= 4 is 28.7 Å². The van der Waals surface area contributed by atoms with E-state index in [1.165, 1.54) is 12.1 Å². The highest BCUT2D eigenvalue weighted by molar-refractivity contribution is 7.80. The Kier molecular flexibility index (Phi) is 5.02. The summed E-state index contributed by atoms with van der Waals surface area (Å²) >= 11 is 5.53. The van der Waals surface area contributed by atoms with Gasteiger partial charge in [-0.2, -0.15) is 0 Å². The Bertz CT molecular complexity index is 722. The molecular weight excluding hydrogens is 326 g/mol. The van der Waals surface area contributed by atoms with Gasteiger partial charge in [-0.3, -0.25) is 10.1 Å². The maximum atomic E-state index is 10.8.